The smallest absolute Gasteiger partial charge is 0.211 e. The standard InChI is InChI=1S/C11H13N5/c1-7-9(6-14-16-11(12)13)8-4-2-3-5-10(8)15-7/h2-6,15H,1H3,(H4,12,13,16)/b14-6+. The largest absolute Gasteiger partial charge is 0.369 e. The first kappa shape index (κ1) is 10.2. The van der Waals surface area contributed by atoms with Crippen molar-refractivity contribution in [1.82, 2.24) is 4.98 Å². The van der Waals surface area contributed by atoms with Crippen LogP contribution >= 0.6 is 0 Å². The van der Waals surface area contributed by atoms with Crippen LogP contribution in [0.15, 0.2) is 34.5 Å². The Hall–Kier alpha value is -2.30. The van der Waals surface area contributed by atoms with Crippen LogP contribution in [0.5, 0.6) is 0 Å². The maximum absolute atomic E-state index is 5.19. The third kappa shape index (κ3) is 1.88. The molecule has 0 unspecified atom stereocenters. The minimum absolute atomic E-state index is 0.0475. The van der Waals surface area contributed by atoms with Crippen LogP contribution in [0.3, 0.4) is 0 Å². The number of aromatic amines is 1. The molecular formula is C11H13N5. The molecule has 16 heavy (non-hydrogen) atoms. The van der Waals surface area contributed by atoms with Gasteiger partial charge in [-0.1, -0.05) is 18.2 Å². The van der Waals surface area contributed by atoms with Gasteiger partial charge in [0.05, 0.1) is 6.21 Å². The predicted molar refractivity (Wildman–Crippen MR) is 66.4 cm³/mol. The second kappa shape index (κ2) is 4.06. The van der Waals surface area contributed by atoms with Gasteiger partial charge in [-0.3, -0.25) is 0 Å². The van der Waals surface area contributed by atoms with Gasteiger partial charge in [0.1, 0.15) is 0 Å². The topological polar surface area (TPSA) is 92.5 Å². The van der Waals surface area contributed by atoms with Gasteiger partial charge in [-0.15, -0.1) is 5.10 Å². The van der Waals surface area contributed by atoms with Crippen LogP contribution in [-0.4, -0.2) is 17.2 Å². The number of aryl methyl sites for hydroxylation is 1. The molecule has 2 aromatic rings. The van der Waals surface area contributed by atoms with E-state index in [1.54, 1.807) is 6.21 Å². The summed E-state index contributed by atoms with van der Waals surface area (Å²) in [5, 5.41) is 8.50. The molecule has 5 N–H and O–H groups in total. The lowest BCUT2D eigenvalue weighted by Gasteiger charge is -1.91. The van der Waals surface area contributed by atoms with Crippen molar-refractivity contribution in [2.75, 3.05) is 0 Å². The van der Waals surface area contributed by atoms with E-state index in [0.717, 1.165) is 22.2 Å². The molecule has 0 aliphatic carbocycles. The highest BCUT2D eigenvalue weighted by Crippen LogP contribution is 2.19. The van der Waals surface area contributed by atoms with E-state index in [0.29, 0.717) is 0 Å². The Kier molecular flexibility index (Phi) is 2.59. The van der Waals surface area contributed by atoms with Gasteiger partial charge >= 0.3 is 0 Å². The summed E-state index contributed by atoms with van der Waals surface area (Å²) in [5.74, 6) is -0.0475. The Morgan fingerprint density at radius 1 is 1.31 bits per heavy atom. The van der Waals surface area contributed by atoms with E-state index in [1.165, 1.54) is 0 Å². The Morgan fingerprint density at radius 3 is 2.81 bits per heavy atom. The number of H-pyrrole nitrogens is 1. The first-order valence-corrected chi connectivity index (χ1v) is 4.88. The summed E-state index contributed by atoms with van der Waals surface area (Å²) in [6.45, 7) is 1.98. The number of nitrogens with one attached hydrogen (secondary N) is 1. The lowest BCUT2D eigenvalue weighted by Crippen LogP contribution is -2.21. The molecule has 5 nitrogen and oxygen atoms in total. The average Bonchev–Trinajstić information content (AvgIpc) is 2.55. The molecule has 0 saturated heterocycles. The summed E-state index contributed by atoms with van der Waals surface area (Å²) in [6, 6.07) is 8.00. The molecule has 0 bridgehead atoms. The summed E-state index contributed by atoms with van der Waals surface area (Å²) in [7, 11) is 0. The van der Waals surface area contributed by atoms with Crippen LogP contribution in [0.2, 0.25) is 0 Å². The van der Waals surface area contributed by atoms with Crippen LogP contribution in [-0.2, 0) is 0 Å². The van der Waals surface area contributed by atoms with E-state index < -0.39 is 0 Å². The molecule has 1 aromatic heterocycles. The number of hydrogen-bond donors (Lipinski definition) is 3. The Balaban J connectivity index is 2.47. The van der Waals surface area contributed by atoms with Crippen molar-refractivity contribution < 1.29 is 0 Å². The SMILES string of the molecule is Cc1[nH]c2ccccc2c1/C=N/N=C(N)N. The fraction of sp³-hybridized carbons (Fsp3) is 0.0909. The molecule has 0 atom stereocenters. The second-order valence-electron chi connectivity index (χ2n) is 3.48. The molecule has 0 amide bonds. The van der Waals surface area contributed by atoms with Crippen molar-refractivity contribution in [3.63, 3.8) is 0 Å². The molecule has 82 valence electrons. The fourth-order valence-electron chi connectivity index (χ4n) is 1.62. The Bertz CT molecular complexity index is 561. The second-order valence-corrected chi connectivity index (χ2v) is 3.48. The van der Waals surface area contributed by atoms with Crippen molar-refractivity contribution >= 4 is 23.1 Å². The van der Waals surface area contributed by atoms with E-state index in [2.05, 4.69) is 15.2 Å². The molecule has 0 aliphatic rings. The molecule has 0 aliphatic heterocycles. The van der Waals surface area contributed by atoms with Gasteiger partial charge in [0.25, 0.3) is 0 Å². The maximum atomic E-state index is 5.19. The highest BCUT2D eigenvalue weighted by molar-refractivity contribution is 6.00. The number of nitrogens with zero attached hydrogens (tertiary/aromatic N) is 2. The van der Waals surface area contributed by atoms with Crippen LogP contribution in [0, 0.1) is 6.92 Å². The first-order valence-electron chi connectivity index (χ1n) is 4.88. The molecule has 5 heteroatoms. The fourth-order valence-corrected chi connectivity index (χ4v) is 1.62. The molecular weight excluding hydrogens is 202 g/mol. The Morgan fingerprint density at radius 2 is 2.06 bits per heavy atom. The zero-order valence-electron chi connectivity index (χ0n) is 8.94. The van der Waals surface area contributed by atoms with Crippen LogP contribution in [0.25, 0.3) is 10.9 Å². The zero-order valence-corrected chi connectivity index (χ0v) is 8.94. The van der Waals surface area contributed by atoms with E-state index in [-0.39, 0.29) is 5.96 Å². The number of nitrogens with two attached hydrogens (primary N) is 2. The van der Waals surface area contributed by atoms with Crippen molar-refractivity contribution in [1.29, 1.82) is 0 Å². The van der Waals surface area contributed by atoms with Gasteiger partial charge in [0, 0.05) is 22.2 Å². The monoisotopic (exact) mass is 215 g/mol. The molecule has 0 radical (unpaired) electrons. The number of benzene rings is 1. The molecule has 0 saturated carbocycles. The molecule has 1 heterocycles. The quantitative estimate of drug-likeness (QED) is 0.397. The summed E-state index contributed by atoms with van der Waals surface area (Å²) >= 11 is 0. The number of fused-ring (bicyclic) bond motifs is 1. The van der Waals surface area contributed by atoms with Crippen molar-refractivity contribution in [3.8, 4) is 0 Å². The highest BCUT2D eigenvalue weighted by atomic mass is 15.3. The number of aromatic nitrogens is 1. The van der Waals surface area contributed by atoms with Crippen LogP contribution in [0.1, 0.15) is 11.3 Å². The first-order chi connectivity index (χ1) is 7.68. The lowest BCUT2D eigenvalue weighted by molar-refractivity contribution is 1.21. The van der Waals surface area contributed by atoms with E-state index in [9.17, 15) is 0 Å². The third-order valence-corrected chi connectivity index (χ3v) is 2.30. The van der Waals surface area contributed by atoms with E-state index in [1.807, 2.05) is 31.2 Å². The molecule has 2 rings (SSSR count). The maximum Gasteiger partial charge on any atom is 0.211 e. The molecule has 1 aromatic carbocycles. The Labute approximate surface area is 92.9 Å². The molecule has 0 fully saturated rings. The minimum atomic E-state index is -0.0475. The normalized spacial score (nSPS) is 11.1. The average molecular weight is 215 g/mol. The van der Waals surface area contributed by atoms with Gasteiger partial charge in [-0.2, -0.15) is 5.10 Å². The molecule has 0 spiro atoms. The summed E-state index contributed by atoms with van der Waals surface area (Å²) in [4.78, 5) is 3.26. The predicted octanol–water partition coefficient (Wildman–Crippen LogP) is 1.08. The zero-order chi connectivity index (χ0) is 11.5. The van der Waals surface area contributed by atoms with E-state index in [4.69, 9.17) is 11.5 Å². The summed E-state index contributed by atoms with van der Waals surface area (Å²) < 4.78 is 0. The van der Waals surface area contributed by atoms with Gasteiger partial charge in [0.15, 0.2) is 0 Å². The summed E-state index contributed by atoms with van der Waals surface area (Å²) in [6.07, 6.45) is 1.65. The van der Waals surface area contributed by atoms with Gasteiger partial charge in [-0.05, 0) is 13.0 Å². The van der Waals surface area contributed by atoms with Crippen LogP contribution in [0.4, 0.5) is 0 Å². The highest BCUT2D eigenvalue weighted by Gasteiger charge is 2.04. The van der Waals surface area contributed by atoms with Gasteiger partial charge in [-0.25, -0.2) is 0 Å². The number of rotatable bonds is 2. The summed E-state index contributed by atoms with van der Waals surface area (Å²) in [5.41, 5.74) is 13.5. The van der Waals surface area contributed by atoms with Crippen molar-refractivity contribution in [3.05, 3.63) is 35.5 Å². The third-order valence-electron chi connectivity index (χ3n) is 2.30. The van der Waals surface area contributed by atoms with Gasteiger partial charge < -0.3 is 16.5 Å². The minimum Gasteiger partial charge on any atom is -0.369 e. The van der Waals surface area contributed by atoms with Crippen molar-refractivity contribution in [2.24, 2.45) is 21.7 Å². The van der Waals surface area contributed by atoms with Crippen LogP contribution < -0.4 is 11.5 Å². The number of hydrogen-bond acceptors (Lipinski definition) is 2. The van der Waals surface area contributed by atoms with E-state index >= 15 is 0 Å². The number of para-hydroxylation sites is 1. The lowest BCUT2D eigenvalue weighted by atomic mass is 10.1. The van der Waals surface area contributed by atoms with Gasteiger partial charge in [0.2, 0.25) is 5.96 Å². The number of guanidine groups is 1. The van der Waals surface area contributed by atoms with Crippen molar-refractivity contribution in [2.45, 2.75) is 6.92 Å².